The number of fused-ring (bicyclic) bond motifs is 15. The maximum atomic E-state index is 5.47. The SMILES string of the molecule is c1ccc(-c2cccc(-c3cc(-c4ccc5sc6ccccc6c5c4)nc(-c4ccc5c(c4)-c4ccccc4-c4ccccc4C54c5ccccc5-c5ccccc54)n3)c2)cc1. The Morgan fingerprint density at radius 2 is 0.790 bits per heavy atom. The lowest BCUT2D eigenvalue weighted by Crippen LogP contribution is -2.29. The number of rotatable bonds is 4. The van der Waals surface area contributed by atoms with Crippen molar-refractivity contribution in [3.05, 3.63) is 241 Å². The monoisotopic (exact) mass is 804 g/mol. The molecule has 0 N–H and O–H groups in total. The predicted octanol–water partition coefficient (Wildman–Crippen LogP) is 15.5. The average Bonchev–Trinajstić information content (AvgIpc) is 3.84. The van der Waals surface area contributed by atoms with Crippen LogP contribution < -0.4 is 0 Å². The van der Waals surface area contributed by atoms with E-state index in [1.54, 1.807) is 0 Å². The van der Waals surface area contributed by atoms with Crippen molar-refractivity contribution < 1.29 is 0 Å². The summed E-state index contributed by atoms with van der Waals surface area (Å²) in [7, 11) is 0. The molecule has 13 rings (SSSR count). The van der Waals surface area contributed by atoms with Gasteiger partial charge < -0.3 is 0 Å². The number of hydrogen-bond acceptors (Lipinski definition) is 3. The van der Waals surface area contributed by atoms with Gasteiger partial charge in [0, 0.05) is 36.9 Å². The van der Waals surface area contributed by atoms with Gasteiger partial charge in [-0.1, -0.05) is 182 Å². The summed E-state index contributed by atoms with van der Waals surface area (Å²) >= 11 is 1.84. The third kappa shape index (κ3) is 5.16. The molecule has 0 bridgehead atoms. The molecule has 0 saturated carbocycles. The van der Waals surface area contributed by atoms with Crippen LogP contribution in [-0.4, -0.2) is 9.97 Å². The molecule has 0 unspecified atom stereocenters. The van der Waals surface area contributed by atoms with Crippen LogP contribution in [0.1, 0.15) is 22.3 Å². The van der Waals surface area contributed by atoms with Crippen LogP contribution >= 0.6 is 11.3 Å². The third-order valence-corrected chi connectivity index (χ3v) is 14.3. The van der Waals surface area contributed by atoms with Gasteiger partial charge in [-0.3, -0.25) is 0 Å². The zero-order chi connectivity index (χ0) is 40.8. The van der Waals surface area contributed by atoms with Crippen molar-refractivity contribution in [2.75, 3.05) is 0 Å². The fourth-order valence-electron chi connectivity index (χ4n) is 10.4. The second-order valence-corrected chi connectivity index (χ2v) is 17.5. The van der Waals surface area contributed by atoms with E-state index in [4.69, 9.17) is 9.97 Å². The van der Waals surface area contributed by atoms with E-state index in [0.29, 0.717) is 5.82 Å². The van der Waals surface area contributed by atoms with Gasteiger partial charge in [0.2, 0.25) is 0 Å². The van der Waals surface area contributed by atoms with E-state index in [1.165, 1.54) is 81.4 Å². The van der Waals surface area contributed by atoms with E-state index in [9.17, 15) is 0 Å². The van der Waals surface area contributed by atoms with Crippen molar-refractivity contribution >= 4 is 31.5 Å². The van der Waals surface area contributed by atoms with E-state index < -0.39 is 5.41 Å². The van der Waals surface area contributed by atoms with Crippen LogP contribution in [0.3, 0.4) is 0 Å². The van der Waals surface area contributed by atoms with Gasteiger partial charge in [-0.05, 0) is 103 Å². The first kappa shape index (κ1) is 35.1. The first-order valence-electron chi connectivity index (χ1n) is 21.2. The van der Waals surface area contributed by atoms with Crippen LogP contribution in [0.2, 0.25) is 0 Å². The van der Waals surface area contributed by atoms with Gasteiger partial charge >= 0.3 is 0 Å². The van der Waals surface area contributed by atoms with Gasteiger partial charge in [0.15, 0.2) is 5.82 Å². The predicted molar refractivity (Wildman–Crippen MR) is 258 cm³/mol. The van der Waals surface area contributed by atoms with Crippen molar-refractivity contribution in [1.82, 2.24) is 9.97 Å². The summed E-state index contributed by atoms with van der Waals surface area (Å²) in [6.07, 6.45) is 0. The molecular formula is C59H36N2S. The van der Waals surface area contributed by atoms with Crippen LogP contribution in [0.25, 0.3) is 98.6 Å². The summed E-state index contributed by atoms with van der Waals surface area (Å²) in [5.41, 5.74) is 19.3. The van der Waals surface area contributed by atoms with Gasteiger partial charge in [0.25, 0.3) is 0 Å². The molecule has 9 aromatic carbocycles. The molecule has 62 heavy (non-hydrogen) atoms. The highest BCUT2D eigenvalue weighted by Crippen LogP contribution is 2.61. The maximum Gasteiger partial charge on any atom is 0.160 e. The van der Waals surface area contributed by atoms with E-state index in [-0.39, 0.29) is 0 Å². The highest BCUT2D eigenvalue weighted by atomic mass is 32.1. The Kier molecular flexibility index (Phi) is 7.72. The van der Waals surface area contributed by atoms with E-state index in [2.05, 4.69) is 218 Å². The Morgan fingerprint density at radius 3 is 1.50 bits per heavy atom. The van der Waals surface area contributed by atoms with Crippen molar-refractivity contribution in [3.63, 3.8) is 0 Å². The normalized spacial score (nSPS) is 13.0. The minimum absolute atomic E-state index is 0.541. The van der Waals surface area contributed by atoms with Gasteiger partial charge in [0.1, 0.15) is 0 Å². The van der Waals surface area contributed by atoms with Gasteiger partial charge in [-0.25, -0.2) is 9.97 Å². The molecule has 2 aromatic heterocycles. The van der Waals surface area contributed by atoms with Crippen LogP contribution in [0, 0.1) is 0 Å². The number of benzene rings is 9. The standard InChI is InChI=1S/C59H36N2S/c1-2-15-37(16-3-1)38-17-14-18-39(33-38)54-36-55(40-30-32-57-49(34-40)47-24-9-13-28-56(47)62-57)61-58(60-54)41-29-31-53-48(35-41)43-20-5-4-19-42(43)44-21-6-10-25-50(44)59(53)51-26-11-7-22-45(51)46-23-8-12-27-52(46)59/h1-36H. The lowest BCUT2D eigenvalue weighted by molar-refractivity contribution is 0.775. The van der Waals surface area contributed by atoms with Crippen LogP contribution in [-0.2, 0) is 5.41 Å². The molecule has 0 radical (unpaired) electrons. The largest absolute Gasteiger partial charge is 0.228 e. The second-order valence-electron chi connectivity index (χ2n) is 16.4. The molecule has 11 aromatic rings. The summed E-state index contributed by atoms with van der Waals surface area (Å²) in [6.45, 7) is 0. The molecule has 288 valence electrons. The highest BCUT2D eigenvalue weighted by molar-refractivity contribution is 7.25. The fraction of sp³-hybridized carbons (Fsp3) is 0.0169. The second kappa shape index (κ2) is 13.7. The van der Waals surface area contributed by atoms with Gasteiger partial charge in [0.05, 0.1) is 16.8 Å². The van der Waals surface area contributed by atoms with Crippen LogP contribution in [0.15, 0.2) is 218 Å². The number of aromatic nitrogens is 2. The number of hydrogen-bond donors (Lipinski definition) is 0. The summed E-state index contributed by atoms with van der Waals surface area (Å²) in [5, 5.41) is 2.52. The zero-order valence-electron chi connectivity index (χ0n) is 33.6. The number of nitrogens with zero attached hydrogens (tertiary/aromatic N) is 2. The third-order valence-electron chi connectivity index (χ3n) is 13.1. The van der Waals surface area contributed by atoms with Gasteiger partial charge in [-0.15, -0.1) is 11.3 Å². The minimum atomic E-state index is -0.541. The number of thiophene rings is 1. The molecule has 2 aliphatic rings. The Labute approximate surface area is 364 Å². The summed E-state index contributed by atoms with van der Waals surface area (Å²) in [4.78, 5) is 10.9. The fourth-order valence-corrected chi connectivity index (χ4v) is 11.5. The minimum Gasteiger partial charge on any atom is -0.228 e. The van der Waals surface area contributed by atoms with Gasteiger partial charge in [-0.2, -0.15) is 0 Å². The Hall–Kier alpha value is -7.72. The van der Waals surface area contributed by atoms with Crippen molar-refractivity contribution in [2.45, 2.75) is 5.41 Å². The molecule has 2 heterocycles. The quantitative estimate of drug-likeness (QED) is 0.177. The molecule has 0 aliphatic heterocycles. The molecule has 2 aliphatic carbocycles. The Morgan fingerprint density at radius 1 is 0.290 bits per heavy atom. The summed E-state index contributed by atoms with van der Waals surface area (Å²) in [5.74, 6) is 0.696. The smallest absolute Gasteiger partial charge is 0.160 e. The molecule has 0 fully saturated rings. The molecule has 2 nitrogen and oxygen atoms in total. The van der Waals surface area contributed by atoms with Crippen molar-refractivity contribution in [2.24, 2.45) is 0 Å². The Balaban J connectivity index is 1.07. The molecule has 3 heteroatoms. The topological polar surface area (TPSA) is 25.8 Å². The first-order valence-corrected chi connectivity index (χ1v) is 22.0. The van der Waals surface area contributed by atoms with Crippen LogP contribution in [0.4, 0.5) is 0 Å². The average molecular weight is 805 g/mol. The first-order chi connectivity index (χ1) is 30.7. The maximum absolute atomic E-state index is 5.47. The lowest BCUT2D eigenvalue weighted by atomic mass is 9.66. The van der Waals surface area contributed by atoms with Crippen molar-refractivity contribution in [3.8, 4) is 78.4 Å². The summed E-state index contributed by atoms with van der Waals surface area (Å²) in [6, 6.07) is 79.9. The molecule has 1 spiro atoms. The van der Waals surface area contributed by atoms with E-state index >= 15 is 0 Å². The Bertz CT molecular complexity index is 3550. The molecule has 0 saturated heterocycles. The summed E-state index contributed by atoms with van der Waals surface area (Å²) < 4.78 is 2.56. The highest BCUT2D eigenvalue weighted by Gasteiger charge is 2.49. The van der Waals surface area contributed by atoms with Crippen LogP contribution in [0.5, 0.6) is 0 Å². The van der Waals surface area contributed by atoms with E-state index in [0.717, 1.165) is 33.6 Å². The van der Waals surface area contributed by atoms with E-state index in [1.807, 2.05) is 11.3 Å². The zero-order valence-corrected chi connectivity index (χ0v) is 34.4. The molecule has 0 atom stereocenters. The lowest BCUT2D eigenvalue weighted by Gasteiger charge is -2.35. The van der Waals surface area contributed by atoms with Crippen molar-refractivity contribution in [1.29, 1.82) is 0 Å². The molecule has 0 amide bonds. The molecular weight excluding hydrogens is 769 g/mol.